The molecule has 0 saturated carbocycles. The molecule has 0 spiro atoms. The Balaban J connectivity index is 1.41. The Morgan fingerprint density at radius 3 is 2.37 bits per heavy atom. The Labute approximate surface area is 245 Å². The number of thioether (sulfide) groups is 1. The van der Waals surface area contributed by atoms with E-state index < -0.39 is 0 Å². The van der Waals surface area contributed by atoms with Gasteiger partial charge in [0.05, 0.1) is 57.0 Å². The third-order valence-electron chi connectivity index (χ3n) is 6.76. The number of aromatic nitrogens is 2. The number of amides is 1. The lowest BCUT2D eigenvalue weighted by Crippen LogP contribution is -2.24. The number of hydrazone groups is 1. The van der Waals surface area contributed by atoms with Gasteiger partial charge in [0, 0.05) is 17.0 Å². The van der Waals surface area contributed by atoms with Gasteiger partial charge in [-0.3, -0.25) is 14.2 Å². The molecule has 0 saturated heterocycles. The summed E-state index contributed by atoms with van der Waals surface area (Å²) in [6.07, 6.45) is 5.47. The van der Waals surface area contributed by atoms with Crippen LogP contribution in [0.15, 0.2) is 51.5 Å². The van der Waals surface area contributed by atoms with Crippen molar-refractivity contribution in [2.24, 2.45) is 5.10 Å². The minimum atomic E-state index is -0.362. The van der Waals surface area contributed by atoms with E-state index in [1.165, 1.54) is 37.1 Å². The largest absolute Gasteiger partial charge is 0.497 e. The molecule has 12 heteroatoms. The van der Waals surface area contributed by atoms with Crippen molar-refractivity contribution < 1.29 is 23.7 Å². The van der Waals surface area contributed by atoms with E-state index in [4.69, 9.17) is 23.9 Å². The summed E-state index contributed by atoms with van der Waals surface area (Å²) in [6, 6.07) is 10.6. The molecular formula is C29H30N4O6S2. The number of methoxy groups -OCH3 is 4. The van der Waals surface area contributed by atoms with Gasteiger partial charge < -0.3 is 18.9 Å². The third kappa shape index (κ3) is 5.89. The van der Waals surface area contributed by atoms with Gasteiger partial charge in [0.2, 0.25) is 0 Å². The van der Waals surface area contributed by atoms with Crippen LogP contribution in [0.25, 0.3) is 15.9 Å². The summed E-state index contributed by atoms with van der Waals surface area (Å²) < 4.78 is 23.0. The molecule has 0 radical (unpaired) electrons. The first-order valence-electron chi connectivity index (χ1n) is 12.9. The number of carbonyl (C=O) groups is 1. The number of thiophene rings is 1. The van der Waals surface area contributed by atoms with Gasteiger partial charge in [0.25, 0.3) is 11.5 Å². The third-order valence-corrected chi connectivity index (χ3v) is 8.88. The Hall–Kier alpha value is -4.03. The molecule has 0 fully saturated rings. The van der Waals surface area contributed by atoms with Gasteiger partial charge >= 0.3 is 0 Å². The SMILES string of the molecule is COc1ccc(-n2c(SCC(=O)NN=Cc3c(OC)cc(OC)cc3OC)nc3sc4c(c3c2=O)CCCC4)cc1. The summed E-state index contributed by atoms with van der Waals surface area (Å²) in [5.41, 5.74) is 4.73. The van der Waals surface area contributed by atoms with Crippen molar-refractivity contribution in [2.75, 3.05) is 34.2 Å². The van der Waals surface area contributed by atoms with Crippen LogP contribution >= 0.6 is 23.1 Å². The summed E-state index contributed by atoms with van der Waals surface area (Å²) in [6.45, 7) is 0. The van der Waals surface area contributed by atoms with Crippen LogP contribution in [0.3, 0.4) is 0 Å². The van der Waals surface area contributed by atoms with Crippen molar-refractivity contribution in [3.05, 3.63) is 62.8 Å². The molecule has 1 N–H and O–H groups in total. The highest BCUT2D eigenvalue weighted by Crippen LogP contribution is 2.36. The summed E-state index contributed by atoms with van der Waals surface area (Å²) >= 11 is 2.76. The predicted molar refractivity (Wildman–Crippen MR) is 161 cm³/mol. The topological polar surface area (TPSA) is 113 Å². The number of benzene rings is 2. The van der Waals surface area contributed by atoms with E-state index in [1.807, 2.05) is 12.1 Å². The summed E-state index contributed by atoms with van der Waals surface area (Å²) in [7, 11) is 6.19. The minimum absolute atomic E-state index is 0.00653. The van der Waals surface area contributed by atoms with Gasteiger partial charge in [-0.25, -0.2) is 10.4 Å². The van der Waals surface area contributed by atoms with Crippen LogP contribution in [0.1, 0.15) is 28.8 Å². The molecule has 0 unspecified atom stereocenters. The highest BCUT2D eigenvalue weighted by atomic mass is 32.2. The van der Waals surface area contributed by atoms with E-state index in [0.29, 0.717) is 49.6 Å². The lowest BCUT2D eigenvalue weighted by Gasteiger charge is -2.14. The molecule has 2 heterocycles. The van der Waals surface area contributed by atoms with Crippen molar-refractivity contribution in [2.45, 2.75) is 30.8 Å². The van der Waals surface area contributed by atoms with Crippen LogP contribution in [-0.4, -0.2) is 55.9 Å². The van der Waals surface area contributed by atoms with Crippen molar-refractivity contribution in [1.82, 2.24) is 15.0 Å². The first-order chi connectivity index (χ1) is 20.0. The molecule has 0 aliphatic heterocycles. The number of fused-ring (bicyclic) bond motifs is 3. The van der Waals surface area contributed by atoms with Crippen LogP contribution in [0, 0.1) is 0 Å². The normalized spacial score (nSPS) is 12.8. The van der Waals surface area contributed by atoms with Crippen LogP contribution < -0.4 is 29.9 Å². The van der Waals surface area contributed by atoms with Crippen LogP contribution in [-0.2, 0) is 17.6 Å². The average molecular weight is 595 g/mol. The maximum Gasteiger partial charge on any atom is 0.267 e. The predicted octanol–water partition coefficient (Wildman–Crippen LogP) is 4.60. The number of hydrogen-bond acceptors (Lipinski definition) is 10. The van der Waals surface area contributed by atoms with Gasteiger partial charge in [-0.15, -0.1) is 11.3 Å². The minimum Gasteiger partial charge on any atom is -0.497 e. The summed E-state index contributed by atoms with van der Waals surface area (Å²) in [5.74, 6) is 1.84. The molecule has 41 heavy (non-hydrogen) atoms. The second-order valence-corrected chi connectivity index (χ2v) is 11.2. The number of nitrogens with one attached hydrogen (secondary N) is 1. The number of aryl methyl sites for hydroxylation is 2. The maximum absolute atomic E-state index is 13.9. The quantitative estimate of drug-likeness (QED) is 0.123. The fraction of sp³-hybridized carbons (Fsp3) is 0.310. The number of ether oxygens (including phenoxy) is 4. The fourth-order valence-electron chi connectivity index (χ4n) is 4.73. The zero-order valence-electron chi connectivity index (χ0n) is 23.2. The molecule has 1 aliphatic carbocycles. The van der Waals surface area contributed by atoms with Gasteiger partial charge in [-0.05, 0) is 55.5 Å². The number of carbonyl (C=O) groups excluding carboxylic acids is 1. The van der Waals surface area contributed by atoms with E-state index in [9.17, 15) is 9.59 Å². The van der Waals surface area contributed by atoms with Gasteiger partial charge in [0.1, 0.15) is 27.8 Å². The summed E-state index contributed by atoms with van der Waals surface area (Å²) in [5, 5.41) is 5.21. The van der Waals surface area contributed by atoms with Gasteiger partial charge in [0.15, 0.2) is 5.16 Å². The van der Waals surface area contributed by atoms with Crippen molar-refractivity contribution in [1.29, 1.82) is 0 Å². The second-order valence-electron chi connectivity index (χ2n) is 9.15. The maximum atomic E-state index is 13.9. The van der Waals surface area contributed by atoms with Crippen LogP contribution in [0.5, 0.6) is 23.0 Å². The molecule has 1 amide bonds. The zero-order valence-corrected chi connectivity index (χ0v) is 24.8. The van der Waals surface area contributed by atoms with E-state index in [1.54, 1.807) is 54.4 Å². The number of rotatable bonds is 10. The van der Waals surface area contributed by atoms with Crippen molar-refractivity contribution in [3.63, 3.8) is 0 Å². The van der Waals surface area contributed by atoms with E-state index >= 15 is 0 Å². The first-order valence-corrected chi connectivity index (χ1v) is 14.7. The molecule has 10 nitrogen and oxygen atoms in total. The molecule has 0 atom stereocenters. The molecule has 214 valence electrons. The van der Waals surface area contributed by atoms with Gasteiger partial charge in [-0.2, -0.15) is 5.10 Å². The molecule has 0 bridgehead atoms. The lowest BCUT2D eigenvalue weighted by atomic mass is 9.97. The van der Waals surface area contributed by atoms with Crippen LogP contribution in [0.2, 0.25) is 0 Å². The Morgan fingerprint density at radius 2 is 1.71 bits per heavy atom. The molecule has 4 aromatic rings. The van der Waals surface area contributed by atoms with Crippen molar-refractivity contribution >= 4 is 45.4 Å². The number of hydrogen-bond donors (Lipinski definition) is 1. The highest BCUT2D eigenvalue weighted by Gasteiger charge is 2.23. The van der Waals surface area contributed by atoms with E-state index in [-0.39, 0.29) is 17.2 Å². The monoisotopic (exact) mass is 594 g/mol. The average Bonchev–Trinajstić information content (AvgIpc) is 3.38. The lowest BCUT2D eigenvalue weighted by molar-refractivity contribution is -0.118. The summed E-state index contributed by atoms with van der Waals surface area (Å²) in [4.78, 5) is 33.5. The Bertz CT molecular complexity index is 1640. The molecule has 2 aromatic carbocycles. The first kappa shape index (κ1) is 28.5. The number of nitrogens with zero attached hydrogens (tertiary/aromatic N) is 3. The van der Waals surface area contributed by atoms with E-state index in [0.717, 1.165) is 31.2 Å². The molecular weight excluding hydrogens is 564 g/mol. The van der Waals surface area contributed by atoms with Crippen LogP contribution in [0.4, 0.5) is 0 Å². The highest BCUT2D eigenvalue weighted by molar-refractivity contribution is 7.99. The Morgan fingerprint density at radius 1 is 1.02 bits per heavy atom. The van der Waals surface area contributed by atoms with E-state index in [2.05, 4.69) is 10.5 Å². The van der Waals surface area contributed by atoms with Gasteiger partial charge in [-0.1, -0.05) is 11.8 Å². The standard InChI is InChI=1S/C29H30N4O6S2/c1-36-18-11-9-17(10-12-18)33-28(35)26-20-7-5-6-8-24(20)41-27(26)31-29(33)40-16-25(34)32-30-15-21-22(38-3)13-19(37-2)14-23(21)39-4/h9-15H,5-8,16H2,1-4H3,(H,32,34). The molecule has 2 aromatic heterocycles. The fourth-order valence-corrected chi connectivity index (χ4v) is 6.84. The Kier molecular flexibility index (Phi) is 8.79. The second kappa shape index (κ2) is 12.6. The molecule has 5 rings (SSSR count). The van der Waals surface area contributed by atoms with Crippen molar-refractivity contribution in [3.8, 4) is 28.7 Å². The zero-order chi connectivity index (χ0) is 28.9. The smallest absolute Gasteiger partial charge is 0.267 e. The molecule has 1 aliphatic rings.